The predicted octanol–water partition coefficient (Wildman–Crippen LogP) is 2.81. The molecule has 0 spiro atoms. The van der Waals surface area contributed by atoms with Gasteiger partial charge in [-0.1, -0.05) is 43.2 Å². The van der Waals surface area contributed by atoms with Gasteiger partial charge in [-0.25, -0.2) is 0 Å². The van der Waals surface area contributed by atoms with E-state index >= 15 is 0 Å². The fourth-order valence-electron chi connectivity index (χ4n) is 4.28. The number of ether oxygens (including phenoxy) is 1. The molecule has 6 heteroatoms. The van der Waals surface area contributed by atoms with Crippen molar-refractivity contribution in [2.24, 2.45) is 5.92 Å². The van der Waals surface area contributed by atoms with Crippen molar-refractivity contribution in [3.63, 3.8) is 0 Å². The van der Waals surface area contributed by atoms with Gasteiger partial charge in [-0.15, -0.1) is 0 Å². The van der Waals surface area contributed by atoms with E-state index in [9.17, 15) is 9.59 Å². The minimum atomic E-state index is -0.291. The lowest BCUT2D eigenvalue weighted by molar-refractivity contribution is -0.143. The highest BCUT2D eigenvalue weighted by atomic mass is 16.5. The number of nitrogens with one attached hydrogen (secondary N) is 2. The second kappa shape index (κ2) is 10.4. The molecule has 6 nitrogen and oxygen atoms in total. The van der Waals surface area contributed by atoms with E-state index in [1.54, 1.807) is 7.11 Å². The number of benzene rings is 1. The van der Waals surface area contributed by atoms with Gasteiger partial charge >= 0.3 is 0 Å². The molecule has 29 heavy (non-hydrogen) atoms. The molecule has 0 aliphatic carbocycles. The number of para-hydroxylation sites is 1. The summed E-state index contributed by atoms with van der Waals surface area (Å²) in [5.41, 5.74) is 2.18. The van der Waals surface area contributed by atoms with Crippen LogP contribution in [-0.2, 0) is 9.59 Å². The molecular formula is C23H33N3O3. The van der Waals surface area contributed by atoms with Gasteiger partial charge in [0.1, 0.15) is 5.75 Å². The summed E-state index contributed by atoms with van der Waals surface area (Å²) in [5.74, 6) is 0.601. The van der Waals surface area contributed by atoms with Gasteiger partial charge in [-0.3, -0.25) is 9.59 Å². The molecule has 0 bridgehead atoms. The van der Waals surface area contributed by atoms with Crippen LogP contribution in [-0.4, -0.2) is 50.0 Å². The lowest BCUT2D eigenvalue weighted by atomic mass is 9.83. The Morgan fingerprint density at radius 3 is 2.86 bits per heavy atom. The highest BCUT2D eigenvalue weighted by Crippen LogP contribution is 2.40. The number of piperidine rings is 1. The standard InChI is InChI=1S/C23H33N3O3/c1-3-4-15-26-21(27)10-9-19(22(26)18-7-5-6-8-20(18)29-2)23(28)25-16-17-11-13-24-14-12-17/h5-8,11,19,22,24H,3-4,9-10,12-16H2,1-2H3,(H,25,28). The number of methoxy groups -OCH3 is 1. The Bertz CT molecular complexity index is 747. The average Bonchev–Trinajstić information content (AvgIpc) is 2.77. The van der Waals surface area contributed by atoms with Crippen LogP contribution in [0.1, 0.15) is 50.6 Å². The Kier molecular flexibility index (Phi) is 7.69. The summed E-state index contributed by atoms with van der Waals surface area (Å²) >= 11 is 0. The van der Waals surface area contributed by atoms with Crippen molar-refractivity contribution in [2.45, 2.75) is 45.1 Å². The molecule has 2 atom stereocenters. The molecule has 0 saturated carbocycles. The van der Waals surface area contributed by atoms with Crippen LogP contribution in [0.4, 0.5) is 0 Å². The number of carbonyl (C=O) groups excluding carboxylic acids is 2. The molecular weight excluding hydrogens is 366 g/mol. The van der Waals surface area contributed by atoms with E-state index in [2.05, 4.69) is 23.6 Å². The number of hydrogen-bond donors (Lipinski definition) is 2. The number of amides is 2. The third-order valence-corrected chi connectivity index (χ3v) is 5.90. The SMILES string of the molecule is CCCCN1C(=O)CCC(C(=O)NCC2=CCNCC2)C1c1ccccc1OC. The minimum Gasteiger partial charge on any atom is -0.496 e. The van der Waals surface area contributed by atoms with Gasteiger partial charge in [0.15, 0.2) is 0 Å². The van der Waals surface area contributed by atoms with Crippen molar-refractivity contribution >= 4 is 11.8 Å². The van der Waals surface area contributed by atoms with Gasteiger partial charge in [-0.2, -0.15) is 0 Å². The van der Waals surface area contributed by atoms with Crippen molar-refractivity contribution < 1.29 is 14.3 Å². The molecule has 1 fully saturated rings. The Hall–Kier alpha value is -2.34. The maximum Gasteiger partial charge on any atom is 0.225 e. The zero-order valence-corrected chi connectivity index (χ0v) is 17.6. The van der Waals surface area contributed by atoms with Gasteiger partial charge in [0, 0.05) is 31.6 Å². The zero-order valence-electron chi connectivity index (χ0n) is 17.6. The topological polar surface area (TPSA) is 70.7 Å². The number of unbranched alkanes of at least 4 members (excludes halogenated alkanes) is 1. The van der Waals surface area contributed by atoms with Crippen molar-refractivity contribution in [3.8, 4) is 5.75 Å². The van der Waals surface area contributed by atoms with Crippen LogP contribution in [0.2, 0.25) is 0 Å². The smallest absolute Gasteiger partial charge is 0.225 e. The molecule has 0 radical (unpaired) electrons. The van der Waals surface area contributed by atoms with Crippen molar-refractivity contribution in [3.05, 3.63) is 41.5 Å². The Morgan fingerprint density at radius 2 is 2.14 bits per heavy atom. The summed E-state index contributed by atoms with van der Waals surface area (Å²) in [7, 11) is 1.64. The van der Waals surface area contributed by atoms with E-state index in [0.717, 1.165) is 43.7 Å². The lowest BCUT2D eigenvalue weighted by Crippen LogP contribution is -2.48. The quantitative estimate of drug-likeness (QED) is 0.660. The van der Waals surface area contributed by atoms with Gasteiger partial charge < -0.3 is 20.3 Å². The van der Waals surface area contributed by atoms with Crippen LogP contribution in [0.5, 0.6) is 5.75 Å². The fourth-order valence-corrected chi connectivity index (χ4v) is 4.28. The van der Waals surface area contributed by atoms with E-state index in [-0.39, 0.29) is 23.8 Å². The molecule has 2 unspecified atom stereocenters. The Labute approximate surface area is 173 Å². The highest BCUT2D eigenvalue weighted by molar-refractivity contribution is 5.85. The summed E-state index contributed by atoms with van der Waals surface area (Å²) in [4.78, 5) is 27.9. The predicted molar refractivity (Wildman–Crippen MR) is 114 cm³/mol. The van der Waals surface area contributed by atoms with Crippen LogP contribution in [0, 0.1) is 5.92 Å². The molecule has 2 aliphatic rings. The first-order valence-electron chi connectivity index (χ1n) is 10.7. The summed E-state index contributed by atoms with van der Waals surface area (Å²) < 4.78 is 5.58. The third-order valence-electron chi connectivity index (χ3n) is 5.90. The molecule has 1 aromatic carbocycles. The van der Waals surface area contributed by atoms with Crippen LogP contribution in [0.3, 0.4) is 0 Å². The summed E-state index contributed by atoms with van der Waals surface area (Å²) in [6.07, 6.45) is 6.02. The first kappa shape index (κ1) is 21.4. The zero-order chi connectivity index (χ0) is 20.6. The van der Waals surface area contributed by atoms with E-state index in [0.29, 0.717) is 25.9 Å². The van der Waals surface area contributed by atoms with Gasteiger partial charge in [-0.05, 0) is 31.9 Å². The second-order valence-corrected chi connectivity index (χ2v) is 7.81. The Balaban J connectivity index is 1.85. The summed E-state index contributed by atoms with van der Waals surface area (Å²) in [6, 6.07) is 7.46. The normalized spacial score (nSPS) is 22.2. The number of nitrogens with zero attached hydrogens (tertiary/aromatic N) is 1. The largest absolute Gasteiger partial charge is 0.496 e. The summed E-state index contributed by atoms with van der Waals surface area (Å²) in [5, 5.41) is 6.43. The molecule has 2 aliphatic heterocycles. The number of rotatable bonds is 8. The fraction of sp³-hybridized carbons (Fsp3) is 0.565. The highest BCUT2D eigenvalue weighted by Gasteiger charge is 2.41. The Morgan fingerprint density at radius 1 is 1.31 bits per heavy atom. The van der Waals surface area contributed by atoms with Gasteiger partial charge in [0.2, 0.25) is 11.8 Å². The van der Waals surface area contributed by atoms with Crippen molar-refractivity contribution in [1.82, 2.24) is 15.5 Å². The average molecular weight is 400 g/mol. The van der Waals surface area contributed by atoms with Crippen LogP contribution in [0.25, 0.3) is 0 Å². The van der Waals surface area contributed by atoms with Gasteiger partial charge in [0.05, 0.1) is 19.1 Å². The summed E-state index contributed by atoms with van der Waals surface area (Å²) in [6.45, 7) is 5.17. The van der Waals surface area contributed by atoms with E-state index in [1.807, 2.05) is 29.2 Å². The lowest BCUT2D eigenvalue weighted by Gasteiger charge is -2.41. The monoisotopic (exact) mass is 399 g/mol. The number of likely N-dealkylation sites (tertiary alicyclic amines) is 1. The molecule has 1 aromatic rings. The second-order valence-electron chi connectivity index (χ2n) is 7.81. The molecule has 2 amide bonds. The maximum absolute atomic E-state index is 13.2. The molecule has 1 saturated heterocycles. The maximum atomic E-state index is 13.2. The van der Waals surface area contributed by atoms with Gasteiger partial charge in [0.25, 0.3) is 0 Å². The van der Waals surface area contributed by atoms with Crippen molar-refractivity contribution in [2.75, 3.05) is 33.3 Å². The first-order valence-corrected chi connectivity index (χ1v) is 10.7. The molecule has 2 N–H and O–H groups in total. The van der Waals surface area contributed by atoms with E-state index in [4.69, 9.17) is 4.74 Å². The molecule has 3 rings (SSSR count). The molecule has 2 heterocycles. The minimum absolute atomic E-state index is 0.0225. The van der Waals surface area contributed by atoms with Crippen molar-refractivity contribution in [1.29, 1.82) is 0 Å². The molecule has 0 aromatic heterocycles. The van der Waals surface area contributed by atoms with E-state index < -0.39 is 0 Å². The van der Waals surface area contributed by atoms with Crippen LogP contribution < -0.4 is 15.4 Å². The third kappa shape index (κ3) is 5.18. The van der Waals surface area contributed by atoms with Crippen LogP contribution >= 0.6 is 0 Å². The molecule has 158 valence electrons. The van der Waals surface area contributed by atoms with E-state index in [1.165, 1.54) is 5.57 Å². The number of hydrogen-bond acceptors (Lipinski definition) is 4. The first-order chi connectivity index (χ1) is 14.2. The number of carbonyl (C=O) groups is 2. The van der Waals surface area contributed by atoms with Crippen LogP contribution in [0.15, 0.2) is 35.9 Å².